The average Bonchev–Trinajstić information content (AvgIpc) is 2.38. The van der Waals surface area contributed by atoms with E-state index in [4.69, 9.17) is 10.1 Å². The minimum Gasteiger partial charge on any atom is -0.478 e. The van der Waals surface area contributed by atoms with Gasteiger partial charge in [-0.25, -0.2) is 0 Å². The highest BCUT2D eigenvalue weighted by atomic mass is 16.5. The van der Waals surface area contributed by atoms with Gasteiger partial charge in [0.25, 0.3) is 0 Å². The molecule has 0 aliphatic carbocycles. The van der Waals surface area contributed by atoms with Gasteiger partial charge in [0, 0.05) is 6.20 Å². The molecule has 0 aliphatic heterocycles. The van der Waals surface area contributed by atoms with Gasteiger partial charge in [-0.15, -0.1) is 0 Å². The van der Waals surface area contributed by atoms with Gasteiger partial charge in [0.05, 0.1) is 18.4 Å². The number of rotatable bonds is 2. The fourth-order valence-corrected chi connectivity index (χ4v) is 0.603. The van der Waals surface area contributed by atoms with E-state index in [1.165, 1.54) is 0 Å². The second-order valence-corrected chi connectivity index (χ2v) is 1.75. The van der Waals surface area contributed by atoms with E-state index >= 15 is 0 Å². The van der Waals surface area contributed by atoms with E-state index in [2.05, 4.69) is 10.2 Å². The number of H-pyrrole nitrogens is 1. The average molecular weight is 139 g/mol. The molecule has 0 aromatic carbocycles. The molecule has 0 amide bonds. The molecule has 1 rings (SSSR count). The van der Waals surface area contributed by atoms with Crippen molar-refractivity contribution in [1.29, 1.82) is 5.41 Å². The van der Waals surface area contributed by atoms with Gasteiger partial charge < -0.3 is 4.74 Å². The zero-order chi connectivity index (χ0) is 7.40. The van der Waals surface area contributed by atoms with Crippen molar-refractivity contribution in [2.24, 2.45) is 0 Å². The van der Waals surface area contributed by atoms with E-state index in [0.29, 0.717) is 12.2 Å². The number of ether oxygens (including phenoxy) is 1. The second-order valence-electron chi connectivity index (χ2n) is 1.75. The SMILES string of the molecule is CCOC(=N)c1cn[nH]c1. The van der Waals surface area contributed by atoms with Gasteiger partial charge in [0.2, 0.25) is 5.90 Å². The topological polar surface area (TPSA) is 61.8 Å². The molecule has 4 nitrogen and oxygen atoms in total. The fraction of sp³-hybridized carbons (Fsp3) is 0.333. The fourth-order valence-electron chi connectivity index (χ4n) is 0.603. The number of nitrogens with zero attached hydrogens (tertiary/aromatic N) is 1. The molecule has 1 aromatic heterocycles. The van der Waals surface area contributed by atoms with Crippen LogP contribution in [-0.2, 0) is 4.74 Å². The Kier molecular flexibility index (Phi) is 2.04. The molecule has 2 N–H and O–H groups in total. The molecule has 54 valence electrons. The van der Waals surface area contributed by atoms with Crippen LogP contribution in [0.15, 0.2) is 12.4 Å². The maximum absolute atomic E-state index is 7.26. The number of hydrogen-bond donors (Lipinski definition) is 2. The quantitative estimate of drug-likeness (QED) is 0.469. The summed E-state index contributed by atoms with van der Waals surface area (Å²) < 4.78 is 4.91. The summed E-state index contributed by atoms with van der Waals surface area (Å²) >= 11 is 0. The lowest BCUT2D eigenvalue weighted by atomic mass is 10.4. The highest BCUT2D eigenvalue weighted by Gasteiger charge is 2.00. The van der Waals surface area contributed by atoms with Gasteiger partial charge in [-0.2, -0.15) is 5.10 Å². The van der Waals surface area contributed by atoms with Crippen LogP contribution in [0.2, 0.25) is 0 Å². The van der Waals surface area contributed by atoms with Crippen molar-refractivity contribution >= 4 is 5.90 Å². The number of aromatic amines is 1. The first-order chi connectivity index (χ1) is 4.84. The molecule has 0 radical (unpaired) electrons. The minimum absolute atomic E-state index is 0.163. The molecule has 0 aliphatic rings. The zero-order valence-electron chi connectivity index (χ0n) is 5.72. The van der Waals surface area contributed by atoms with Gasteiger partial charge in [-0.05, 0) is 6.92 Å². The third-order valence-electron chi connectivity index (χ3n) is 1.05. The van der Waals surface area contributed by atoms with E-state index in [0.717, 1.165) is 0 Å². The van der Waals surface area contributed by atoms with Crippen LogP contribution in [0.1, 0.15) is 12.5 Å². The Morgan fingerprint density at radius 2 is 2.70 bits per heavy atom. The first kappa shape index (κ1) is 6.80. The summed E-state index contributed by atoms with van der Waals surface area (Å²) in [6, 6.07) is 0. The molecule has 1 aromatic rings. The van der Waals surface area contributed by atoms with E-state index in [-0.39, 0.29) is 5.90 Å². The van der Waals surface area contributed by atoms with Gasteiger partial charge in [-0.1, -0.05) is 0 Å². The van der Waals surface area contributed by atoms with Crippen molar-refractivity contribution < 1.29 is 4.74 Å². The first-order valence-corrected chi connectivity index (χ1v) is 3.05. The van der Waals surface area contributed by atoms with Crippen molar-refractivity contribution in [2.45, 2.75) is 6.92 Å². The predicted molar refractivity (Wildman–Crippen MR) is 37.0 cm³/mol. The van der Waals surface area contributed by atoms with E-state index in [1.54, 1.807) is 12.4 Å². The summed E-state index contributed by atoms with van der Waals surface area (Å²) in [5.41, 5.74) is 0.682. The van der Waals surface area contributed by atoms with Crippen molar-refractivity contribution in [3.8, 4) is 0 Å². The van der Waals surface area contributed by atoms with Crippen LogP contribution in [0.25, 0.3) is 0 Å². The lowest BCUT2D eigenvalue weighted by molar-refractivity contribution is 0.325. The summed E-state index contributed by atoms with van der Waals surface area (Å²) in [6.45, 7) is 2.36. The molecule has 0 unspecified atom stereocenters. The molecular formula is C6H9N3O. The maximum Gasteiger partial charge on any atom is 0.216 e. The van der Waals surface area contributed by atoms with Crippen LogP contribution in [0.4, 0.5) is 0 Å². The standard InChI is InChI=1S/C6H9N3O/c1-2-10-6(7)5-3-8-9-4-5/h3-4,7H,2H2,1H3,(H,8,9). The summed E-state index contributed by atoms with van der Waals surface area (Å²) in [6.07, 6.45) is 3.18. The van der Waals surface area contributed by atoms with E-state index in [1.807, 2.05) is 6.92 Å². The molecule has 0 saturated heterocycles. The summed E-state index contributed by atoms with van der Waals surface area (Å²) in [5.74, 6) is 0.163. The third kappa shape index (κ3) is 1.34. The Labute approximate surface area is 58.7 Å². The third-order valence-corrected chi connectivity index (χ3v) is 1.05. The van der Waals surface area contributed by atoms with E-state index < -0.39 is 0 Å². The van der Waals surface area contributed by atoms with E-state index in [9.17, 15) is 0 Å². The Balaban J connectivity index is 2.59. The summed E-state index contributed by atoms with van der Waals surface area (Å²) in [5, 5.41) is 13.5. The Morgan fingerprint density at radius 3 is 3.20 bits per heavy atom. The monoisotopic (exact) mass is 139 g/mol. The van der Waals surface area contributed by atoms with Gasteiger partial charge >= 0.3 is 0 Å². The normalized spacial score (nSPS) is 9.30. The Hall–Kier alpha value is -1.32. The largest absolute Gasteiger partial charge is 0.478 e. The highest BCUT2D eigenvalue weighted by molar-refractivity contribution is 5.90. The highest BCUT2D eigenvalue weighted by Crippen LogP contribution is 1.95. The van der Waals surface area contributed by atoms with Gasteiger partial charge in [0.15, 0.2) is 0 Å². The molecular weight excluding hydrogens is 130 g/mol. The Bertz CT molecular complexity index is 205. The number of nitrogens with one attached hydrogen (secondary N) is 2. The zero-order valence-corrected chi connectivity index (χ0v) is 5.72. The summed E-state index contributed by atoms with van der Waals surface area (Å²) in [4.78, 5) is 0. The second kappa shape index (κ2) is 3.00. The van der Waals surface area contributed by atoms with Crippen LogP contribution in [0, 0.1) is 5.41 Å². The molecule has 1 heterocycles. The molecule has 0 saturated carbocycles. The molecule has 0 fully saturated rings. The van der Waals surface area contributed by atoms with Crippen LogP contribution in [0.5, 0.6) is 0 Å². The summed E-state index contributed by atoms with van der Waals surface area (Å²) in [7, 11) is 0. The van der Waals surface area contributed by atoms with Crippen LogP contribution in [0.3, 0.4) is 0 Å². The minimum atomic E-state index is 0.163. The van der Waals surface area contributed by atoms with Crippen LogP contribution in [-0.4, -0.2) is 22.7 Å². The lowest BCUT2D eigenvalue weighted by Gasteiger charge is -1.99. The lowest BCUT2D eigenvalue weighted by Crippen LogP contribution is -2.02. The molecule has 0 atom stereocenters. The predicted octanol–water partition coefficient (Wildman–Crippen LogP) is 0.772. The smallest absolute Gasteiger partial charge is 0.216 e. The Morgan fingerprint density at radius 1 is 1.90 bits per heavy atom. The van der Waals surface area contributed by atoms with Gasteiger partial charge in [0.1, 0.15) is 0 Å². The number of hydrogen-bond acceptors (Lipinski definition) is 3. The van der Waals surface area contributed by atoms with Crippen LogP contribution >= 0.6 is 0 Å². The van der Waals surface area contributed by atoms with Crippen molar-refractivity contribution in [1.82, 2.24) is 10.2 Å². The van der Waals surface area contributed by atoms with Gasteiger partial charge in [-0.3, -0.25) is 10.5 Å². The van der Waals surface area contributed by atoms with Crippen molar-refractivity contribution in [2.75, 3.05) is 6.61 Å². The van der Waals surface area contributed by atoms with Crippen LogP contribution < -0.4 is 0 Å². The molecule has 0 bridgehead atoms. The molecule has 0 spiro atoms. The number of aromatic nitrogens is 2. The molecule has 10 heavy (non-hydrogen) atoms. The molecule has 4 heteroatoms. The van der Waals surface area contributed by atoms with Crippen molar-refractivity contribution in [3.05, 3.63) is 18.0 Å². The van der Waals surface area contributed by atoms with Crippen molar-refractivity contribution in [3.63, 3.8) is 0 Å². The first-order valence-electron chi connectivity index (χ1n) is 3.05. The maximum atomic E-state index is 7.26.